The van der Waals surface area contributed by atoms with E-state index in [-0.39, 0.29) is 24.1 Å². The molecule has 2 heterocycles. The lowest BCUT2D eigenvalue weighted by molar-refractivity contribution is -0.132. The Morgan fingerprint density at radius 1 is 1.47 bits per heavy atom. The van der Waals surface area contributed by atoms with Crippen LogP contribution in [0.3, 0.4) is 0 Å². The van der Waals surface area contributed by atoms with Gasteiger partial charge in [0.15, 0.2) is 16.3 Å². The summed E-state index contributed by atoms with van der Waals surface area (Å²) in [6, 6.07) is 0.494. The number of hydrogen-bond acceptors (Lipinski definition) is 4. The molecular formula is C10H15BrN2O3S. The molecule has 0 aliphatic carbocycles. The Hall–Kier alpha value is -0.430. The van der Waals surface area contributed by atoms with Crippen molar-refractivity contribution in [2.45, 2.75) is 43.0 Å². The van der Waals surface area contributed by atoms with Crippen LogP contribution < -0.4 is 10.6 Å². The van der Waals surface area contributed by atoms with Crippen molar-refractivity contribution in [3.63, 3.8) is 0 Å². The Morgan fingerprint density at radius 3 is 3.06 bits per heavy atom. The highest BCUT2D eigenvalue weighted by Gasteiger charge is 2.42. The van der Waals surface area contributed by atoms with Gasteiger partial charge in [0.05, 0.1) is 12.1 Å². The van der Waals surface area contributed by atoms with Crippen molar-refractivity contribution in [3.05, 3.63) is 0 Å². The van der Waals surface area contributed by atoms with E-state index in [1.165, 1.54) is 0 Å². The number of unbranched alkanes of at least 4 members (excludes halogenated alkanes) is 1. The van der Waals surface area contributed by atoms with Gasteiger partial charge in [-0.15, -0.1) is 0 Å². The minimum absolute atomic E-state index is 0.0480. The molecule has 0 spiro atoms. The number of fused-ring (bicyclic) bond motifs is 1. The SMILES string of the molecule is O=C1N[C@@H]2[C@@H](CS[C@@H]2CCCCC(=O)OBr)N1. The van der Waals surface area contributed by atoms with Gasteiger partial charge in [-0.3, -0.25) is 4.79 Å². The van der Waals surface area contributed by atoms with E-state index >= 15 is 0 Å². The molecule has 2 saturated heterocycles. The molecule has 2 rings (SSSR count). The standard InChI is InChI=1S/C10H15BrN2O3S/c11-16-8(14)4-2-1-3-7-9-6(5-17-7)12-10(15)13-9/h6-7,9H,1-5H2,(H2,12,13,15)/t6-,7-,9-/m1/s1. The molecule has 2 aliphatic heterocycles. The maximum absolute atomic E-state index is 11.2. The van der Waals surface area contributed by atoms with Gasteiger partial charge in [0, 0.05) is 17.4 Å². The molecule has 5 nitrogen and oxygen atoms in total. The first-order valence-corrected chi connectivity index (χ1v) is 7.40. The number of urea groups is 1. The van der Waals surface area contributed by atoms with Gasteiger partial charge in [-0.1, -0.05) is 6.42 Å². The minimum Gasteiger partial charge on any atom is -0.384 e. The van der Waals surface area contributed by atoms with Crippen LogP contribution in [0.5, 0.6) is 0 Å². The van der Waals surface area contributed by atoms with Gasteiger partial charge < -0.3 is 14.5 Å². The van der Waals surface area contributed by atoms with Crippen molar-refractivity contribution >= 4 is 40.0 Å². The monoisotopic (exact) mass is 322 g/mol. The van der Waals surface area contributed by atoms with Crippen molar-refractivity contribution in [1.29, 1.82) is 0 Å². The third-order valence-electron chi connectivity index (χ3n) is 3.14. The van der Waals surface area contributed by atoms with E-state index < -0.39 is 0 Å². The van der Waals surface area contributed by atoms with Crippen molar-refractivity contribution in [3.8, 4) is 0 Å². The fraction of sp³-hybridized carbons (Fsp3) is 0.800. The minimum atomic E-state index is -0.224. The lowest BCUT2D eigenvalue weighted by Crippen LogP contribution is -2.36. The quantitative estimate of drug-likeness (QED) is 0.595. The van der Waals surface area contributed by atoms with Crippen LogP contribution in [0.25, 0.3) is 0 Å². The molecule has 0 aromatic heterocycles. The molecule has 2 aliphatic rings. The number of amides is 2. The van der Waals surface area contributed by atoms with E-state index in [0.717, 1.165) is 25.0 Å². The van der Waals surface area contributed by atoms with Crippen molar-refractivity contribution < 1.29 is 13.4 Å². The number of carbonyl (C=O) groups excluding carboxylic acids is 2. The van der Waals surface area contributed by atoms with Gasteiger partial charge in [0.2, 0.25) is 0 Å². The molecular weight excluding hydrogens is 308 g/mol. The van der Waals surface area contributed by atoms with Crippen LogP contribution in [-0.4, -0.2) is 35.1 Å². The molecule has 0 aromatic carbocycles. The van der Waals surface area contributed by atoms with E-state index in [2.05, 4.69) is 30.7 Å². The summed E-state index contributed by atoms with van der Waals surface area (Å²) in [6.45, 7) is 0. The maximum Gasteiger partial charge on any atom is 0.317 e. The summed E-state index contributed by atoms with van der Waals surface area (Å²) in [7, 11) is 0. The highest BCUT2D eigenvalue weighted by Crippen LogP contribution is 2.33. The molecule has 0 bridgehead atoms. The smallest absolute Gasteiger partial charge is 0.317 e. The van der Waals surface area contributed by atoms with Crippen LogP contribution in [0, 0.1) is 0 Å². The first-order chi connectivity index (χ1) is 8.20. The summed E-state index contributed by atoms with van der Waals surface area (Å²) in [6.07, 6.45) is 3.30. The number of nitrogens with one attached hydrogen (secondary N) is 2. The lowest BCUT2D eigenvalue weighted by atomic mass is 10.0. The molecule has 2 N–H and O–H groups in total. The Bertz CT molecular complexity index is 316. The highest BCUT2D eigenvalue weighted by molar-refractivity contribution is 9.06. The zero-order valence-electron chi connectivity index (χ0n) is 9.28. The summed E-state index contributed by atoms with van der Waals surface area (Å²) in [5, 5.41) is 6.34. The van der Waals surface area contributed by atoms with Gasteiger partial charge in [0.25, 0.3) is 0 Å². The zero-order valence-corrected chi connectivity index (χ0v) is 11.7. The lowest BCUT2D eigenvalue weighted by Gasteiger charge is -2.16. The normalized spacial score (nSPS) is 30.6. The van der Waals surface area contributed by atoms with Crippen LogP contribution >= 0.6 is 28.0 Å². The van der Waals surface area contributed by atoms with E-state index in [4.69, 9.17) is 0 Å². The Kier molecular flexibility index (Phi) is 4.55. The van der Waals surface area contributed by atoms with Gasteiger partial charge in [-0.25, -0.2) is 4.79 Å². The first-order valence-electron chi connectivity index (χ1n) is 5.71. The average Bonchev–Trinajstić information content (AvgIpc) is 2.84. The van der Waals surface area contributed by atoms with Crippen molar-refractivity contribution in [2.75, 3.05) is 5.75 Å². The average molecular weight is 323 g/mol. The fourth-order valence-electron chi connectivity index (χ4n) is 2.30. The molecule has 17 heavy (non-hydrogen) atoms. The van der Waals surface area contributed by atoms with Crippen molar-refractivity contribution in [1.82, 2.24) is 10.6 Å². The number of thioether (sulfide) groups is 1. The van der Waals surface area contributed by atoms with E-state index in [1.54, 1.807) is 0 Å². The Morgan fingerprint density at radius 2 is 2.29 bits per heavy atom. The molecule has 0 unspecified atom stereocenters. The van der Waals surface area contributed by atoms with Crippen LogP contribution in [0.2, 0.25) is 0 Å². The molecule has 0 radical (unpaired) electrons. The number of rotatable bonds is 5. The van der Waals surface area contributed by atoms with E-state index in [9.17, 15) is 9.59 Å². The molecule has 0 saturated carbocycles. The van der Waals surface area contributed by atoms with E-state index in [1.807, 2.05) is 11.8 Å². The zero-order chi connectivity index (χ0) is 12.3. The van der Waals surface area contributed by atoms with Crippen LogP contribution in [-0.2, 0) is 8.62 Å². The summed E-state index contributed by atoms with van der Waals surface area (Å²) >= 11 is 4.57. The molecule has 2 amide bonds. The van der Waals surface area contributed by atoms with Gasteiger partial charge >= 0.3 is 12.0 Å². The van der Waals surface area contributed by atoms with Gasteiger partial charge in [-0.2, -0.15) is 11.8 Å². The van der Waals surface area contributed by atoms with Gasteiger partial charge in [0.1, 0.15) is 0 Å². The predicted molar refractivity (Wildman–Crippen MR) is 69.0 cm³/mol. The van der Waals surface area contributed by atoms with Crippen LogP contribution in [0.15, 0.2) is 0 Å². The van der Waals surface area contributed by atoms with Crippen LogP contribution in [0.4, 0.5) is 4.79 Å². The predicted octanol–water partition coefficient (Wildman–Crippen LogP) is 1.57. The molecule has 0 aromatic rings. The van der Waals surface area contributed by atoms with Gasteiger partial charge in [-0.05, 0) is 12.8 Å². The highest BCUT2D eigenvalue weighted by atomic mass is 79.9. The maximum atomic E-state index is 11.2. The number of halogens is 1. The second-order valence-corrected chi connectivity index (χ2v) is 5.91. The molecule has 2 fully saturated rings. The molecule has 96 valence electrons. The topological polar surface area (TPSA) is 67.4 Å². The summed E-state index contributed by atoms with van der Waals surface area (Å²) < 4.78 is 4.41. The third-order valence-corrected chi connectivity index (χ3v) is 5.01. The second kappa shape index (κ2) is 5.95. The Balaban J connectivity index is 1.66. The summed E-state index contributed by atoms with van der Waals surface area (Å²) in [5.74, 6) is 0.759. The van der Waals surface area contributed by atoms with Crippen LogP contribution in [0.1, 0.15) is 25.7 Å². The molecule has 7 heteroatoms. The first kappa shape index (κ1) is 13.0. The fourth-order valence-corrected chi connectivity index (χ4v) is 4.00. The molecule has 3 atom stereocenters. The Labute approximate surface area is 113 Å². The largest absolute Gasteiger partial charge is 0.384 e. The summed E-state index contributed by atoms with van der Waals surface area (Å²) in [5.41, 5.74) is 0. The van der Waals surface area contributed by atoms with Crippen molar-refractivity contribution in [2.24, 2.45) is 0 Å². The third kappa shape index (κ3) is 3.28. The van der Waals surface area contributed by atoms with E-state index in [0.29, 0.717) is 11.7 Å². The number of carbonyl (C=O) groups is 2. The number of hydrogen-bond donors (Lipinski definition) is 2. The second-order valence-electron chi connectivity index (χ2n) is 4.32. The summed E-state index contributed by atoms with van der Waals surface area (Å²) in [4.78, 5) is 22.1.